The Morgan fingerprint density at radius 3 is 2.44 bits per heavy atom. The van der Waals surface area contributed by atoms with Crippen LogP contribution >= 0.6 is 0 Å². The molecule has 0 atom stereocenters. The molecule has 2 saturated heterocycles. The summed E-state index contributed by atoms with van der Waals surface area (Å²) >= 11 is 0. The predicted octanol–water partition coefficient (Wildman–Crippen LogP) is 3.15. The highest BCUT2D eigenvalue weighted by Gasteiger charge is 2.42. The van der Waals surface area contributed by atoms with Crippen LogP contribution in [0.15, 0.2) is 42.6 Å². The van der Waals surface area contributed by atoms with E-state index in [4.69, 9.17) is 9.47 Å². The van der Waals surface area contributed by atoms with Gasteiger partial charge in [0.15, 0.2) is 0 Å². The number of ether oxygens (including phenoxy) is 2. The zero-order valence-corrected chi connectivity index (χ0v) is 20.9. The van der Waals surface area contributed by atoms with Gasteiger partial charge in [-0.2, -0.15) is 4.98 Å². The van der Waals surface area contributed by atoms with Crippen LogP contribution in [-0.4, -0.2) is 76.5 Å². The lowest BCUT2D eigenvalue weighted by Gasteiger charge is -2.39. The molecule has 3 aromatic rings. The molecule has 1 aromatic carbocycles. The smallest absolute Gasteiger partial charge is 0.319 e. The SMILES string of the molecule is COc1ncc(C=CC(=O)N2CCC3(CCN(C(=O)c4cc5ccccc5n4C)CC3)C2)c(OC)n1. The van der Waals surface area contributed by atoms with Crippen molar-refractivity contribution in [3.05, 3.63) is 53.9 Å². The highest BCUT2D eigenvalue weighted by Crippen LogP contribution is 2.41. The first-order valence-electron chi connectivity index (χ1n) is 12.2. The number of benzene rings is 1. The van der Waals surface area contributed by atoms with E-state index in [1.165, 1.54) is 14.2 Å². The maximum atomic E-state index is 13.3. The van der Waals surface area contributed by atoms with E-state index < -0.39 is 0 Å². The number of rotatable bonds is 5. The Labute approximate surface area is 210 Å². The molecule has 2 amide bonds. The van der Waals surface area contributed by atoms with Crippen molar-refractivity contribution < 1.29 is 19.1 Å². The standard InChI is InChI=1S/C27H31N5O4/c1-30-21-7-5-4-6-19(21)16-22(30)25(34)31-13-10-27(11-14-31)12-15-32(18-27)23(33)9-8-20-17-28-26(36-3)29-24(20)35-2/h4-9,16-17H,10-15,18H2,1-3H3. The van der Waals surface area contributed by atoms with E-state index in [9.17, 15) is 9.59 Å². The van der Waals surface area contributed by atoms with Gasteiger partial charge in [-0.05, 0) is 42.9 Å². The number of carbonyl (C=O) groups excluding carboxylic acids is 2. The predicted molar refractivity (Wildman–Crippen MR) is 136 cm³/mol. The van der Waals surface area contributed by atoms with Crippen LogP contribution in [0, 0.1) is 5.41 Å². The van der Waals surface area contributed by atoms with Crippen molar-refractivity contribution in [2.45, 2.75) is 19.3 Å². The molecule has 0 unspecified atom stereocenters. The second-order valence-corrected chi connectivity index (χ2v) is 9.60. The van der Waals surface area contributed by atoms with Gasteiger partial charge in [-0.25, -0.2) is 4.98 Å². The van der Waals surface area contributed by atoms with Gasteiger partial charge in [-0.1, -0.05) is 18.2 Å². The van der Waals surface area contributed by atoms with Gasteiger partial charge in [-0.3, -0.25) is 9.59 Å². The lowest BCUT2D eigenvalue weighted by Crippen LogP contribution is -2.45. The van der Waals surface area contributed by atoms with Crippen LogP contribution in [0.2, 0.25) is 0 Å². The van der Waals surface area contributed by atoms with Crippen molar-refractivity contribution >= 4 is 28.8 Å². The summed E-state index contributed by atoms with van der Waals surface area (Å²) in [7, 11) is 4.95. The minimum atomic E-state index is -0.0428. The number of carbonyl (C=O) groups is 2. The first kappa shape index (κ1) is 23.8. The normalized spacial score (nSPS) is 17.3. The van der Waals surface area contributed by atoms with Crippen LogP contribution in [0.5, 0.6) is 11.9 Å². The van der Waals surface area contributed by atoms with Crippen molar-refractivity contribution in [2.75, 3.05) is 40.4 Å². The van der Waals surface area contributed by atoms with E-state index in [2.05, 4.69) is 9.97 Å². The third-order valence-electron chi connectivity index (χ3n) is 7.57. The van der Waals surface area contributed by atoms with Crippen LogP contribution in [-0.2, 0) is 11.8 Å². The number of amides is 2. The molecular formula is C27H31N5O4. The van der Waals surface area contributed by atoms with E-state index in [1.807, 2.05) is 51.7 Å². The highest BCUT2D eigenvalue weighted by molar-refractivity contribution is 5.98. The van der Waals surface area contributed by atoms with Gasteiger partial charge < -0.3 is 23.8 Å². The van der Waals surface area contributed by atoms with E-state index in [0.29, 0.717) is 31.1 Å². The molecule has 9 heteroatoms. The topological polar surface area (TPSA) is 89.8 Å². The number of aryl methyl sites for hydroxylation is 1. The van der Waals surface area contributed by atoms with Gasteiger partial charge >= 0.3 is 6.01 Å². The Hall–Kier alpha value is -3.88. The highest BCUT2D eigenvalue weighted by atomic mass is 16.5. The average molecular weight is 490 g/mol. The number of methoxy groups -OCH3 is 2. The van der Waals surface area contributed by atoms with Gasteiger partial charge in [0.1, 0.15) is 5.69 Å². The molecule has 0 saturated carbocycles. The van der Waals surface area contributed by atoms with Crippen molar-refractivity contribution in [1.29, 1.82) is 0 Å². The molecule has 2 aliphatic heterocycles. The third-order valence-corrected chi connectivity index (χ3v) is 7.57. The lowest BCUT2D eigenvalue weighted by molar-refractivity contribution is -0.125. The van der Waals surface area contributed by atoms with E-state index in [-0.39, 0.29) is 23.2 Å². The quantitative estimate of drug-likeness (QED) is 0.512. The number of hydrogen-bond acceptors (Lipinski definition) is 6. The maximum absolute atomic E-state index is 13.3. The molecule has 4 heterocycles. The van der Waals surface area contributed by atoms with E-state index in [1.54, 1.807) is 18.3 Å². The molecule has 1 spiro atoms. The second kappa shape index (κ2) is 9.64. The molecule has 36 heavy (non-hydrogen) atoms. The van der Waals surface area contributed by atoms with Crippen LogP contribution in [0.25, 0.3) is 17.0 Å². The maximum Gasteiger partial charge on any atom is 0.319 e. The summed E-state index contributed by atoms with van der Waals surface area (Å²) in [5.74, 6) is 0.388. The summed E-state index contributed by atoms with van der Waals surface area (Å²) in [5, 5.41) is 1.08. The Balaban J connectivity index is 1.20. The minimum absolute atomic E-state index is 0.0428. The Morgan fingerprint density at radius 2 is 1.75 bits per heavy atom. The third kappa shape index (κ3) is 4.41. The molecule has 2 fully saturated rings. The van der Waals surface area contributed by atoms with Gasteiger partial charge in [0, 0.05) is 56.4 Å². The van der Waals surface area contributed by atoms with Crippen molar-refractivity contribution in [2.24, 2.45) is 12.5 Å². The van der Waals surface area contributed by atoms with E-state index in [0.717, 1.165) is 42.4 Å². The number of aromatic nitrogens is 3. The number of para-hydroxylation sites is 1. The monoisotopic (exact) mass is 489 g/mol. The molecule has 188 valence electrons. The molecule has 5 rings (SSSR count). The average Bonchev–Trinajstić information content (AvgIpc) is 3.48. The van der Waals surface area contributed by atoms with Gasteiger partial charge in [0.05, 0.1) is 19.8 Å². The number of fused-ring (bicyclic) bond motifs is 1. The summed E-state index contributed by atoms with van der Waals surface area (Å²) in [4.78, 5) is 38.3. The number of hydrogen-bond donors (Lipinski definition) is 0. The van der Waals surface area contributed by atoms with Crippen LogP contribution in [0.1, 0.15) is 35.3 Å². The fourth-order valence-corrected chi connectivity index (χ4v) is 5.37. The van der Waals surface area contributed by atoms with Crippen LogP contribution < -0.4 is 9.47 Å². The molecule has 0 N–H and O–H groups in total. The summed E-state index contributed by atoms with van der Waals surface area (Å²) in [6.07, 6.45) is 7.55. The number of likely N-dealkylation sites (tertiary alicyclic amines) is 2. The Kier molecular flexibility index (Phi) is 6.38. The number of nitrogens with zero attached hydrogens (tertiary/aromatic N) is 5. The van der Waals surface area contributed by atoms with Crippen molar-refractivity contribution in [3.63, 3.8) is 0 Å². The molecular weight excluding hydrogens is 458 g/mol. The zero-order valence-electron chi connectivity index (χ0n) is 20.9. The largest absolute Gasteiger partial charge is 0.480 e. The van der Waals surface area contributed by atoms with Gasteiger partial charge in [-0.15, -0.1) is 0 Å². The van der Waals surface area contributed by atoms with Crippen molar-refractivity contribution in [3.8, 4) is 11.9 Å². The second-order valence-electron chi connectivity index (χ2n) is 9.60. The molecule has 0 bridgehead atoms. The summed E-state index contributed by atoms with van der Waals surface area (Å²) in [6, 6.07) is 10.2. The summed E-state index contributed by atoms with van der Waals surface area (Å²) < 4.78 is 12.3. The Bertz CT molecular complexity index is 1320. The fraction of sp³-hybridized carbons (Fsp3) is 0.407. The summed E-state index contributed by atoms with van der Waals surface area (Å²) in [5.41, 5.74) is 2.46. The zero-order chi connectivity index (χ0) is 25.3. The van der Waals surface area contributed by atoms with Gasteiger partial charge in [0.25, 0.3) is 5.91 Å². The van der Waals surface area contributed by atoms with Crippen LogP contribution in [0.3, 0.4) is 0 Å². The fourth-order valence-electron chi connectivity index (χ4n) is 5.37. The summed E-state index contributed by atoms with van der Waals surface area (Å²) in [6.45, 7) is 2.84. The molecule has 2 aromatic heterocycles. The van der Waals surface area contributed by atoms with E-state index >= 15 is 0 Å². The molecule has 0 radical (unpaired) electrons. The van der Waals surface area contributed by atoms with Gasteiger partial charge in [0.2, 0.25) is 11.8 Å². The first-order valence-corrected chi connectivity index (χ1v) is 12.2. The molecule has 9 nitrogen and oxygen atoms in total. The Morgan fingerprint density at radius 1 is 1.03 bits per heavy atom. The minimum Gasteiger partial charge on any atom is -0.480 e. The number of piperidine rings is 1. The molecule has 0 aliphatic carbocycles. The first-order chi connectivity index (χ1) is 17.4. The van der Waals surface area contributed by atoms with Crippen molar-refractivity contribution in [1.82, 2.24) is 24.3 Å². The lowest BCUT2D eigenvalue weighted by atomic mass is 9.77. The molecule has 2 aliphatic rings. The van der Waals surface area contributed by atoms with Crippen LogP contribution in [0.4, 0.5) is 0 Å².